The molecule has 0 spiro atoms. The molecule has 0 saturated heterocycles. The highest BCUT2D eigenvalue weighted by Gasteiger charge is 2.26. The van der Waals surface area contributed by atoms with E-state index in [1.165, 1.54) is 17.9 Å². The van der Waals surface area contributed by atoms with Gasteiger partial charge in [-0.2, -0.15) is 13.5 Å². The molecule has 11 heteroatoms. The molecule has 0 saturated carbocycles. The molecule has 0 atom stereocenters. The molecule has 0 bridgehead atoms. The molecule has 2 heterocycles. The fraction of sp³-hybridized carbons (Fsp3) is 0.318. The van der Waals surface area contributed by atoms with Gasteiger partial charge in [-0.25, -0.2) is 14.5 Å². The number of fused-ring (bicyclic) bond motifs is 1. The Hall–Kier alpha value is -3.11. The molecule has 2 aromatic heterocycles. The normalized spacial score (nSPS) is 13.1. The zero-order chi connectivity index (χ0) is 23.8. The summed E-state index contributed by atoms with van der Waals surface area (Å²) in [5, 5.41) is 7.16. The number of methoxy groups -OCH3 is 1. The lowest BCUT2D eigenvalue weighted by molar-refractivity contribution is 0.256. The predicted octanol–water partition coefficient (Wildman–Crippen LogP) is 4.19. The lowest BCUT2D eigenvalue weighted by atomic mass is 9.97. The van der Waals surface area contributed by atoms with Crippen LogP contribution in [0.1, 0.15) is 37.4 Å². The molecule has 33 heavy (non-hydrogen) atoms. The van der Waals surface area contributed by atoms with Gasteiger partial charge in [-0.1, -0.05) is 11.6 Å². The van der Waals surface area contributed by atoms with Gasteiger partial charge < -0.3 is 10.1 Å². The first kappa shape index (κ1) is 23.1. The third kappa shape index (κ3) is 4.67. The number of nitrogens with one attached hydrogen (secondary N) is 2. The third-order valence-electron chi connectivity index (χ3n) is 5.46. The van der Waals surface area contributed by atoms with Crippen molar-refractivity contribution in [2.75, 3.05) is 12.4 Å². The van der Waals surface area contributed by atoms with Gasteiger partial charge in [-0.3, -0.25) is 4.68 Å². The molecule has 2 amide bonds. The van der Waals surface area contributed by atoms with E-state index < -0.39 is 16.1 Å². The summed E-state index contributed by atoms with van der Waals surface area (Å²) in [6.45, 7) is 3.75. The van der Waals surface area contributed by atoms with Gasteiger partial charge in [0.1, 0.15) is 0 Å². The molecule has 9 nitrogen and oxygen atoms in total. The molecular formula is C22H24ClN5O4S. The van der Waals surface area contributed by atoms with Gasteiger partial charge in [0.15, 0.2) is 5.03 Å². The Morgan fingerprint density at radius 3 is 2.67 bits per heavy atom. The monoisotopic (exact) mass is 489 g/mol. The largest absolute Gasteiger partial charge is 0.481 e. The van der Waals surface area contributed by atoms with Gasteiger partial charge in [-0.05, 0) is 68.0 Å². The maximum absolute atomic E-state index is 12.8. The summed E-state index contributed by atoms with van der Waals surface area (Å²) in [7, 11) is -2.64. The van der Waals surface area contributed by atoms with Crippen molar-refractivity contribution in [3.05, 3.63) is 52.8 Å². The molecule has 174 valence electrons. The maximum Gasteiger partial charge on any atom is 0.333 e. The van der Waals surface area contributed by atoms with E-state index in [9.17, 15) is 13.2 Å². The van der Waals surface area contributed by atoms with Crippen molar-refractivity contribution in [2.24, 2.45) is 0 Å². The van der Waals surface area contributed by atoms with Gasteiger partial charge in [0.2, 0.25) is 5.88 Å². The number of urea groups is 1. The van der Waals surface area contributed by atoms with Crippen LogP contribution in [0.4, 0.5) is 10.5 Å². The van der Waals surface area contributed by atoms with Crippen LogP contribution in [-0.4, -0.2) is 36.3 Å². The molecular weight excluding hydrogens is 466 g/mol. The van der Waals surface area contributed by atoms with Crippen molar-refractivity contribution in [1.29, 1.82) is 0 Å². The van der Waals surface area contributed by atoms with Crippen LogP contribution < -0.4 is 14.8 Å². The van der Waals surface area contributed by atoms with Gasteiger partial charge in [0, 0.05) is 35.1 Å². The van der Waals surface area contributed by atoms with E-state index in [1.807, 2.05) is 13.8 Å². The number of carbonyl (C=O) groups excluding carboxylic acids is 1. The smallest absolute Gasteiger partial charge is 0.333 e. The first-order chi connectivity index (χ1) is 15.7. The highest BCUT2D eigenvalue weighted by atomic mass is 35.5. The minimum absolute atomic E-state index is 0.0145. The minimum Gasteiger partial charge on any atom is -0.481 e. The number of carbonyl (C=O) groups is 1. The van der Waals surface area contributed by atoms with Crippen molar-refractivity contribution in [1.82, 2.24) is 19.5 Å². The fourth-order valence-electron chi connectivity index (χ4n) is 3.86. The van der Waals surface area contributed by atoms with Crippen LogP contribution in [0, 0.1) is 0 Å². The van der Waals surface area contributed by atoms with Crippen LogP contribution in [0.5, 0.6) is 5.88 Å². The van der Waals surface area contributed by atoms with Crippen LogP contribution >= 0.6 is 11.6 Å². The number of nitrogens with zero attached hydrogens (tertiary/aromatic N) is 3. The first-order valence-electron chi connectivity index (χ1n) is 10.4. The van der Waals surface area contributed by atoms with E-state index in [0.29, 0.717) is 28.6 Å². The topological polar surface area (TPSA) is 115 Å². The van der Waals surface area contributed by atoms with Crippen LogP contribution in [0.15, 0.2) is 41.7 Å². The van der Waals surface area contributed by atoms with Gasteiger partial charge >= 0.3 is 6.03 Å². The number of rotatable bonds is 6. The second-order valence-corrected chi connectivity index (χ2v) is 10.0. The number of benzene rings is 1. The Bertz CT molecular complexity index is 1320. The highest BCUT2D eigenvalue weighted by molar-refractivity contribution is 7.90. The van der Waals surface area contributed by atoms with Crippen molar-refractivity contribution in [2.45, 2.75) is 44.2 Å². The zero-order valence-electron chi connectivity index (χ0n) is 18.4. The second-order valence-electron chi connectivity index (χ2n) is 7.97. The summed E-state index contributed by atoms with van der Waals surface area (Å²) in [6, 6.07) is 5.73. The molecule has 4 rings (SSSR count). The Balaban J connectivity index is 1.68. The number of hydrogen-bond acceptors (Lipinski definition) is 6. The van der Waals surface area contributed by atoms with Crippen molar-refractivity contribution in [3.63, 3.8) is 0 Å². The number of ether oxygens (including phenoxy) is 1. The van der Waals surface area contributed by atoms with Crippen LogP contribution in [-0.2, 0) is 22.9 Å². The quantitative estimate of drug-likeness (QED) is 0.536. The van der Waals surface area contributed by atoms with E-state index in [-0.39, 0.29) is 11.1 Å². The molecule has 2 N–H and O–H groups in total. The van der Waals surface area contributed by atoms with Crippen LogP contribution in [0.3, 0.4) is 0 Å². The number of amides is 2. The third-order valence-corrected chi connectivity index (χ3v) is 7.02. The SMILES string of the molecule is COc1cc(-c2cc(Cl)c3c(c2NC(=O)NS(=O)(=O)c2ccn(C(C)C)n2)CCC3)ccn1. The van der Waals surface area contributed by atoms with E-state index in [4.69, 9.17) is 16.3 Å². The molecule has 0 unspecified atom stereocenters. The minimum atomic E-state index is -4.15. The van der Waals surface area contributed by atoms with Gasteiger partial charge in [-0.15, -0.1) is 0 Å². The van der Waals surface area contributed by atoms with Crippen molar-refractivity contribution < 1.29 is 17.9 Å². The average Bonchev–Trinajstić information content (AvgIpc) is 3.46. The second kappa shape index (κ2) is 9.03. The molecule has 1 aliphatic carbocycles. The maximum atomic E-state index is 12.8. The number of halogens is 1. The standard InChI is InChI=1S/C22H24ClN5O4S/c1-13(2)28-10-8-20(26-28)33(30,31)27-22(29)25-21-16-6-4-5-15(16)18(23)12-17(21)14-7-9-24-19(11-14)32-3/h7-13H,4-6H2,1-3H3,(H2,25,27,29). The fourth-order valence-corrected chi connectivity index (χ4v) is 5.01. The number of aromatic nitrogens is 3. The highest BCUT2D eigenvalue weighted by Crippen LogP contribution is 2.42. The average molecular weight is 490 g/mol. The van der Waals surface area contributed by atoms with Gasteiger partial charge in [0.25, 0.3) is 10.0 Å². The summed E-state index contributed by atoms with van der Waals surface area (Å²) in [6.07, 6.45) is 5.54. The van der Waals surface area contributed by atoms with Crippen LogP contribution in [0.25, 0.3) is 11.1 Å². The number of pyridine rings is 1. The van der Waals surface area contributed by atoms with E-state index in [2.05, 4.69) is 20.1 Å². The summed E-state index contributed by atoms with van der Waals surface area (Å²) >= 11 is 6.54. The summed E-state index contributed by atoms with van der Waals surface area (Å²) < 4.78 is 34.2. The Morgan fingerprint density at radius 2 is 1.97 bits per heavy atom. The molecule has 3 aromatic rings. The van der Waals surface area contributed by atoms with E-state index in [0.717, 1.165) is 29.5 Å². The lowest BCUT2D eigenvalue weighted by Gasteiger charge is -2.18. The van der Waals surface area contributed by atoms with E-state index >= 15 is 0 Å². The van der Waals surface area contributed by atoms with Crippen molar-refractivity contribution in [3.8, 4) is 17.0 Å². The molecule has 1 aromatic carbocycles. The number of anilines is 1. The summed E-state index contributed by atoms with van der Waals surface area (Å²) in [4.78, 5) is 16.9. The number of hydrogen-bond donors (Lipinski definition) is 2. The molecule has 0 fully saturated rings. The van der Waals surface area contributed by atoms with E-state index in [1.54, 1.807) is 30.6 Å². The summed E-state index contributed by atoms with van der Waals surface area (Å²) in [5.74, 6) is 0.405. The predicted molar refractivity (Wildman–Crippen MR) is 125 cm³/mol. The van der Waals surface area contributed by atoms with Crippen LogP contribution in [0.2, 0.25) is 5.02 Å². The summed E-state index contributed by atoms with van der Waals surface area (Å²) in [5.41, 5.74) is 3.74. The van der Waals surface area contributed by atoms with Gasteiger partial charge in [0.05, 0.1) is 12.8 Å². The molecule has 0 radical (unpaired) electrons. The Morgan fingerprint density at radius 1 is 1.21 bits per heavy atom. The first-order valence-corrected chi connectivity index (χ1v) is 12.3. The molecule has 0 aliphatic heterocycles. The zero-order valence-corrected chi connectivity index (χ0v) is 20.0. The van der Waals surface area contributed by atoms with Crippen molar-refractivity contribution >= 4 is 33.3 Å². The lowest BCUT2D eigenvalue weighted by Crippen LogP contribution is -2.35. The molecule has 1 aliphatic rings. The Labute approximate surface area is 197 Å². The Kier molecular flexibility index (Phi) is 6.31. The number of sulfonamides is 1.